The van der Waals surface area contributed by atoms with Crippen LogP contribution in [0.4, 0.5) is 11.5 Å². The molecule has 28 heavy (non-hydrogen) atoms. The highest BCUT2D eigenvalue weighted by atomic mass is 35.5. The van der Waals surface area contributed by atoms with Crippen LogP contribution in [-0.2, 0) is 0 Å². The van der Waals surface area contributed by atoms with Crippen molar-refractivity contribution in [2.45, 2.75) is 0 Å². The predicted molar refractivity (Wildman–Crippen MR) is 114 cm³/mol. The van der Waals surface area contributed by atoms with Crippen LogP contribution in [0.15, 0.2) is 60.7 Å². The van der Waals surface area contributed by atoms with Crippen LogP contribution >= 0.6 is 11.6 Å². The molecule has 3 rings (SSSR count). The monoisotopic (exact) mass is 395 g/mol. The number of amides is 1. The number of benzene rings is 2. The zero-order valence-corrected chi connectivity index (χ0v) is 16.6. The van der Waals surface area contributed by atoms with Gasteiger partial charge in [0, 0.05) is 35.4 Å². The zero-order valence-electron chi connectivity index (χ0n) is 15.8. The summed E-state index contributed by atoms with van der Waals surface area (Å²) in [5.74, 6) is 0.774. The molecule has 0 atom stereocenters. The van der Waals surface area contributed by atoms with Crippen molar-refractivity contribution in [1.29, 1.82) is 0 Å². The molecule has 0 aliphatic carbocycles. The van der Waals surface area contributed by atoms with Gasteiger partial charge in [0.1, 0.15) is 11.5 Å². The second-order valence-corrected chi connectivity index (χ2v) is 6.96. The van der Waals surface area contributed by atoms with E-state index < -0.39 is 0 Å². The third kappa shape index (κ3) is 5.52. The maximum Gasteiger partial charge on any atom is 0.274 e. The Kier molecular flexibility index (Phi) is 6.57. The van der Waals surface area contributed by atoms with E-state index in [4.69, 9.17) is 11.6 Å². The van der Waals surface area contributed by atoms with Crippen molar-refractivity contribution in [2.24, 2.45) is 0 Å². The molecule has 0 saturated heterocycles. The number of halogens is 1. The molecule has 0 unspecified atom stereocenters. The number of carbonyl (C=O) groups excluding carboxylic acids is 1. The fraction of sp³-hybridized carbons (Fsp3) is 0.190. The summed E-state index contributed by atoms with van der Waals surface area (Å²) in [6.07, 6.45) is 0. The predicted octanol–water partition coefficient (Wildman–Crippen LogP) is 4.02. The quantitative estimate of drug-likeness (QED) is 0.632. The van der Waals surface area contributed by atoms with E-state index in [2.05, 4.69) is 25.5 Å². The summed E-state index contributed by atoms with van der Waals surface area (Å²) in [6, 6.07) is 18.2. The molecule has 0 bridgehead atoms. The van der Waals surface area contributed by atoms with E-state index in [-0.39, 0.29) is 11.6 Å². The Bertz CT molecular complexity index is 947. The van der Waals surface area contributed by atoms with Crippen LogP contribution in [0.5, 0.6) is 0 Å². The standard InChI is InChI=1S/C21H22ClN5O/c1-27(2)12-11-23-19-14-18(21(28)24-17-10-6-9-16(22)13-17)25-20(26-19)15-7-4-3-5-8-15/h3-10,13-14H,11-12H2,1-2H3,(H,24,28)(H,23,25,26). The minimum atomic E-state index is -0.322. The van der Waals surface area contributed by atoms with E-state index in [9.17, 15) is 4.79 Å². The number of aromatic nitrogens is 2. The van der Waals surface area contributed by atoms with Crippen molar-refractivity contribution in [3.8, 4) is 11.4 Å². The van der Waals surface area contributed by atoms with E-state index in [0.29, 0.717) is 28.9 Å². The first-order valence-electron chi connectivity index (χ1n) is 8.91. The van der Waals surface area contributed by atoms with Crippen LogP contribution in [0.1, 0.15) is 10.5 Å². The van der Waals surface area contributed by atoms with Gasteiger partial charge in [-0.1, -0.05) is 48.0 Å². The number of nitrogens with one attached hydrogen (secondary N) is 2. The SMILES string of the molecule is CN(C)CCNc1cc(C(=O)Nc2cccc(Cl)c2)nc(-c2ccccc2)n1. The second-order valence-electron chi connectivity index (χ2n) is 6.52. The van der Waals surface area contributed by atoms with Crippen LogP contribution in [0, 0.1) is 0 Å². The van der Waals surface area contributed by atoms with Gasteiger partial charge in [-0.3, -0.25) is 4.79 Å². The Hall–Kier alpha value is -2.96. The number of likely N-dealkylation sites (N-methyl/N-ethyl adjacent to an activating group) is 1. The maximum absolute atomic E-state index is 12.8. The Morgan fingerprint density at radius 2 is 1.82 bits per heavy atom. The largest absolute Gasteiger partial charge is 0.369 e. The molecule has 0 aliphatic rings. The summed E-state index contributed by atoms with van der Waals surface area (Å²) in [7, 11) is 4.00. The molecule has 144 valence electrons. The topological polar surface area (TPSA) is 70.2 Å². The number of rotatable bonds is 7. The first-order chi connectivity index (χ1) is 13.5. The van der Waals surface area contributed by atoms with Crippen molar-refractivity contribution < 1.29 is 4.79 Å². The van der Waals surface area contributed by atoms with Crippen molar-refractivity contribution in [1.82, 2.24) is 14.9 Å². The number of nitrogens with zero attached hydrogens (tertiary/aromatic N) is 3. The zero-order chi connectivity index (χ0) is 19.9. The number of carbonyl (C=O) groups is 1. The summed E-state index contributed by atoms with van der Waals surface area (Å²) in [5.41, 5.74) is 1.73. The molecule has 6 nitrogen and oxygen atoms in total. The first kappa shape index (κ1) is 19.8. The Morgan fingerprint density at radius 1 is 1.04 bits per heavy atom. The van der Waals surface area contributed by atoms with Gasteiger partial charge < -0.3 is 15.5 Å². The molecule has 2 N–H and O–H groups in total. The van der Waals surface area contributed by atoms with Gasteiger partial charge in [0.25, 0.3) is 5.91 Å². The fourth-order valence-corrected chi connectivity index (χ4v) is 2.73. The van der Waals surface area contributed by atoms with Gasteiger partial charge in [-0.25, -0.2) is 9.97 Å². The summed E-state index contributed by atoms with van der Waals surface area (Å²) in [4.78, 5) is 23.9. The summed E-state index contributed by atoms with van der Waals surface area (Å²) in [5, 5.41) is 6.64. The molecule has 1 heterocycles. The Morgan fingerprint density at radius 3 is 2.54 bits per heavy atom. The summed E-state index contributed by atoms with van der Waals surface area (Å²) >= 11 is 6.00. The average Bonchev–Trinajstić information content (AvgIpc) is 2.68. The van der Waals surface area contributed by atoms with Gasteiger partial charge in [-0.15, -0.1) is 0 Å². The summed E-state index contributed by atoms with van der Waals surface area (Å²) in [6.45, 7) is 1.54. The molecule has 0 aliphatic heterocycles. The highest BCUT2D eigenvalue weighted by molar-refractivity contribution is 6.30. The molecule has 0 fully saturated rings. The lowest BCUT2D eigenvalue weighted by atomic mass is 10.2. The van der Waals surface area contributed by atoms with Crippen LogP contribution in [0.2, 0.25) is 5.02 Å². The molecule has 3 aromatic rings. The van der Waals surface area contributed by atoms with Crippen molar-refractivity contribution in [3.05, 3.63) is 71.4 Å². The average molecular weight is 396 g/mol. The minimum absolute atomic E-state index is 0.279. The second kappa shape index (κ2) is 9.30. The number of anilines is 2. The van der Waals surface area contributed by atoms with Gasteiger partial charge in [-0.05, 0) is 32.3 Å². The molecule has 0 radical (unpaired) electrons. The maximum atomic E-state index is 12.8. The molecule has 7 heteroatoms. The van der Waals surface area contributed by atoms with E-state index in [1.54, 1.807) is 30.3 Å². The number of hydrogen-bond acceptors (Lipinski definition) is 5. The van der Waals surface area contributed by atoms with Crippen LogP contribution in [0.3, 0.4) is 0 Å². The first-order valence-corrected chi connectivity index (χ1v) is 9.29. The highest BCUT2D eigenvalue weighted by Gasteiger charge is 2.13. The smallest absolute Gasteiger partial charge is 0.274 e. The Balaban J connectivity index is 1.88. The molecular weight excluding hydrogens is 374 g/mol. The minimum Gasteiger partial charge on any atom is -0.369 e. The van der Waals surface area contributed by atoms with Crippen molar-refractivity contribution in [3.63, 3.8) is 0 Å². The summed E-state index contributed by atoms with van der Waals surface area (Å²) < 4.78 is 0. The Labute approximate surface area is 169 Å². The molecule has 2 aromatic carbocycles. The van der Waals surface area contributed by atoms with Crippen molar-refractivity contribution in [2.75, 3.05) is 37.8 Å². The van der Waals surface area contributed by atoms with E-state index >= 15 is 0 Å². The van der Waals surface area contributed by atoms with Gasteiger partial charge in [-0.2, -0.15) is 0 Å². The van der Waals surface area contributed by atoms with Gasteiger partial charge in [0.2, 0.25) is 0 Å². The van der Waals surface area contributed by atoms with E-state index in [1.807, 2.05) is 44.4 Å². The lowest BCUT2D eigenvalue weighted by molar-refractivity contribution is 0.102. The third-order valence-electron chi connectivity index (χ3n) is 3.94. The lowest BCUT2D eigenvalue weighted by Crippen LogP contribution is -2.22. The van der Waals surface area contributed by atoms with Gasteiger partial charge >= 0.3 is 0 Å². The van der Waals surface area contributed by atoms with Gasteiger partial charge in [0.15, 0.2) is 5.82 Å². The number of hydrogen-bond donors (Lipinski definition) is 2. The fourth-order valence-electron chi connectivity index (χ4n) is 2.54. The van der Waals surface area contributed by atoms with Gasteiger partial charge in [0.05, 0.1) is 0 Å². The van der Waals surface area contributed by atoms with E-state index in [1.165, 1.54) is 0 Å². The van der Waals surface area contributed by atoms with Crippen LogP contribution in [-0.4, -0.2) is 48.0 Å². The normalized spacial score (nSPS) is 10.7. The molecular formula is C21H22ClN5O. The lowest BCUT2D eigenvalue weighted by Gasteiger charge is -2.13. The molecule has 1 amide bonds. The van der Waals surface area contributed by atoms with Crippen molar-refractivity contribution >= 4 is 29.0 Å². The highest BCUT2D eigenvalue weighted by Crippen LogP contribution is 2.20. The third-order valence-corrected chi connectivity index (χ3v) is 4.17. The molecule has 0 saturated carbocycles. The van der Waals surface area contributed by atoms with Crippen LogP contribution < -0.4 is 10.6 Å². The molecule has 1 aromatic heterocycles. The van der Waals surface area contributed by atoms with E-state index in [0.717, 1.165) is 12.1 Å². The molecule has 0 spiro atoms. The van der Waals surface area contributed by atoms with Crippen LogP contribution in [0.25, 0.3) is 11.4 Å².